The number of anilines is 1. The second-order valence-corrected chi connectivity index (χ2v) is 4.98. The quantitative estimate of drug-likeness (QED) is 0.635. The van der Waals surface area contributed by atoms with Crippen LogP contribution in [0, 0.1) is 10.1 Å². The summed E-state index contributed by atoms with van der Waals surface area (Å²) >= 11 is 3.25. The fraction of sp³-hybridized carbons (Fsp3) is 0.0714. The number of benzene rings is 2. The van der Waals surface area contributed by atoms with Crippen LogP contribution in [0.4, 0.5) is 11.4 Å². The van der Waals surface area contributed by atoms with E-state index in [0.29, 0.717) is 4.47 Å². The van der Waals surface area contributed by atoms with Crippen LogP contribution < -0.4 is 4.90 Å². The van der Waals surface area contributed by atoms with Crippen LogP contribution in [0.1, 0.15) is 10.4 Å². The van der Waals surface area contributed by atoms with Gasteiger partial charge in [-0.2, -0.15) is 0 Å². The van der Waals surface area contributed by atoms with E-state index in [1.807, 2.05) is 18.2 Å². The Morgan fingerprint density at radius 3 is 2.45 bits per heavy atom. The third-order valence-corrected chi connectivity index (χ3v) is 3.53. The third-order valence-electron chi connectivity index (χ3n) is 2.84. The Balaban J connectivity index is 2.38. The second kappa shape index (κ2) is 5.83. The number of para-hydroxylation sites is 1. The fourth-order valence-corrected chi connectivity index (χ4v) is 2.16. The van der Waals surface area contributed by atoms with Crippen molar-refractivity contribution < 1.29 is 9.72 Å². The van der Waals surface area contributed by atoms with Gasteiger partial charge >= 0.3 is 0 Å². The first kappa shape index (κ1) is 14.2. The molecule has 2 aromatic rings. The van der Waals surface area contributed by atoms with Gasteiger partial charge in [0.15, 0.2) is 0 Å². The van der Waals surface area contributed by atoms with Gasteiger partial charge in [-0.1, -0.05) is 18.2 Å². The minimum Gasteiger partial charge on any atom is -0.311 e. The Labute approximate surface area is 124 Å². The van der Waals surface area contributed by atoms with Crippen LogP contribution >= 0.6 is 15.9 Å². The molecule has 0 heterocycles. The van der Waals surface area contributed by atoms with Crippen LogP contribution in [0.3, 0.4) is 0 Å². The van der Waals surface area contributed by atoms with E-state index in [2.05, 4.69) is 15.9 Å². The molecule has 0 aromatic heterocycles. The van der Waals surface area contributed by atoms with Crippen LogP contribution in [-0.2, 0) is 0 Å². The molecule has 20 heavy (non-hydrogen) atoms. The summed E-state index contributed by atoms with van der Waals surface area (Å²) in [5.41, 5.74) is 0.861. The zero-order valence-corrected chi connectivity index (χ0v) is 12.2. The highest BCUT2D eigenvalue weighted by atomic mass is 79.9. The summed E-state index contributed by atoms with van der Waals surface area (Å²) in [6.07, 6.45) is 0. The average molecular weight is 335 g/mol. The molecule has 0 spiro atoms. The Morgan fingerprint density at radius 2 is 1.85 bits per heavy atom. The van der Waals surface area contributed by atoms with E-state index < -0.39 is 4.92 Å². The maximum absolute atomic E-state index is 12.4. The lowest BCUT2D eigenvalue weighted by Gasteiger charge is -2.17. The van der Waals surface area contributed by atoms with Gasteiger partial charge in [0.2, 0.25) is 0 Å². The normalized spacial score (nSPS) is 10.1. The number of nitro benzene ring substituents is 1. The van der Waals surface area contributed by atoms with Gasteiger partial charge in [0.25, 0.3) is 11.6 Å². The molecule has 0 saturated heterocycles. The molecule has 0 aliphatic carbocycles. The summed E-state index contributed by atoms with van der Waals surface area (Å²) in [4.78, 5) is 24.1. The zero-order chi connectivity index (χ0) is 14.7. The van der Waals surface area contributed by atoms with Crippen molar-refractivity contribution in [2.75, 3.05) is 11.9 Å². The largest absolute Gasteiger partial charge is 0.311 e. The van der Waals surface area contributed by atoms with Crippen LogP contribution in [0.25, 0.3) is 0 Å². The van der Waals surface area contributed by atoms with Crippen molar-refractivity contribution in [1.29, 1.82) is 0 Å². The smallest absolute Gasteiger partial charge is 0.270 e. The fourth-order valence-electron chi connectivity index (χ4n) is 1.74. The maximum atomic E-state index is 12.4. The first-order valence-electron chi connectivity index (χ1n) is 5.78. The molecule has 0 fully saturated rings. The lowest BCUT2D eigenvalue weighted by molar-refractivity contribution is -0.384. The molecule has 102 valence electrons. The highest BCUT2D eigenvalue weighted by molar-refractivity contribution is 9.10. The number of halogens is 1. The minimum atomic E-state index is -0.522. The molecule has 0 aliphatic rings. The standard InChI is InChI=1S/C14H11BrN2O3/c1-16(10-5-3-2-4-6-10)14(18)12-9-11(17(19)20)7-8-13(12)15/h2-9H,1H3. The molecule has 5 nitrogen and oxygen atoms in total. The van der Waals surface area contributed by atoms with Crippen molar-refractivity contribution >= 4 is 33.2 Å². The summed E-state index contributed by atoms with van der Waals surface area (Å²) in [5, 5.41) is 10.8. The molecule has 0 N–H and O–H groups in total. The topological polar surface area (TPSA) is 63.5 Å². The maximum Gasteiger partial charge on any atom is 0.270 e. The number of hydrogen-bond acceptors (Lipinski definition) is 3. The predicted molar refractivity (Wildman–Crippen MR) is 80.0 cm³/mol. The molecular weight excluding hydrogens is 324 g/mol. The highest BCUT2D eigenvalue weighted by Gasteiger charge is 2.19. The monoisotopic (exact) mass is 334 g/mol. The van der Waals surface area contributed by atoms with Gasteiger partial charge in [0.05, 0.1) is 10.5 Å². The van der Waals surface area contributed by atoms with Gasteiger partial charge < -0.3 is 4.90 Å². The molecular formula is C14H11BrN2O3. The molecule has 6 heteroatoms. The minimum absolute atomic E-state index is 0.113. The van der Waals surface area contributed by atoms with E-state index in [0.717, 1.165) is 5.69 Å². The van der Waals surface area contributed by atoms with E-state index in [1.165, 1.54) is 23.1 Å². The van der Waals surface area contributed by atoms with E-state index >= 15 is 0 Å². The number of nitrogens with zero attached hydrogens (tertiary/aromatic N) is 2. The zero-order valence-electron chi connectivity index (χ0n) is 10.6. The summed E-state index contributed by atoms with van der Waals surface area (Å²) in [6, 6.07) is 13.2. The van der Waals surface area contributed by atoms with Crippen LogP contribution in [0.15, 0.2) is 53.0 Å². The molecule has 0 aliphatic heterocycles. The first-order chi connectivity index (χ1) is 9.50. The molecule has 2 aromatic carbocycles. The predicted octanol–water partition coefficient (Wildman–Crippen LogP) is 3.63. The summed E-state index contributed by atoms with van der Waals surface area (Å²) < 4.78 is 0.524. The van der Waals surface area contributed by atoms with Gasteiger partial charge in [-0.25, -0.2) is 0 Å². The Bertz CT molecular complexity index is 659. The van der Waals surface area contributed by atoms with Crippen molar-refractivity contribution in [3.8, 4) is 0 Å². The molecule has 0 unspecified atom stereocenters. The van der Waals surface area contributed by atoms with Crippen LogP contribution in [0.2, 0.25) is 0 Å². The highest BCUT2D eigenvalue weighted by Crippen LogP contribution is 2.25. The van der Waals surface area contributed by atoms with Crippen LogP contribution in [0.5, 0.6) is 0 Å². The molecule has 0 saturated carbocycles. The van der Waals surface area contributed by atoms with Crippen molar-refractivity contribution in [1.82, 2.24) is 0 Å². The Hall–Kier alpha value is -2.21. The number of carbonyl (C=O) groups excluding carboxylic acids is 1. The van der Waals surface area contributed by atoms with Crippen molar-refractivity contribution in [3.63, 3.8) is 0 Å². The van der Waals surface area contributed by atoms with Crippen molar-refractivity contribution in [2.24, 2.45) is 0 Å². The van der Waals surface area contributed by atoms with Gasteiger partial charge in [-0.3, -0.25) is 14.9 Å². The van der Waals surface area contributed by atoms with Gasteiger partial charge in [-0.15, -0.1) is 0 Å². The number of hydrogen-bond donors (Lipinski definition) is 0. The summed E-state index contributed by atoms with van der Waals surface area (Å²) in [6.45, 7) is 0. The second-order valence-electron chi connectivity index (χ2n) is 4.12. The Morgan fingerprint density at radius 1 is 1.20 bits per heavy atom. The van der Waals surface area contributed by atoms with Gasteiger partial charge in [0.1, 0.15) is 0 Å². The Kier molecular flexibility index (Phi) is 4.14. The van der Waals surface area contributed by atoms with E-state index in [-0.39, 0.29) is 17.2 Å². The average Bonchev–Trinajstić information content (AvgIpc) is 2.47. The number of nitro groups is 1. The van der Waals surface area contributed by atoms with E-state index in [4.69, 9.17) is 0 Å². The molecule has 1 amide bonds. The lowest BCUT2D eigenvalue weighted by Crippen LogP contribution is -2.26. The van der Waals surface area contributed by atoms with Gasteiger partial charge in [-0.05, 0) is 34.1 Å². The lowest BCUT2D eigenvalue weighted by atomic mass is 10.1. The number of carbonyl (C=O) groups is 1. The number of non-ortho nitro benzene ring substituents is 1. The molecule has 2 rings (SSSR count). The first-order valence-corrected chi connectivity index (χ1v) is 6.57. The molecule has 0 bridgehead atoms. The van der Waals surface area contributed by atoms with Crippen molar-refractivity contribution in [2.45, 2.75) is 0 Å². The van der Waals surface area contributed by atoms with E-state index in [9.17, 15) is 14.9 Å². The number of rotatable bonds is 3. The van der Waals surface area contributed by atoms with Gasteiger partial charge in [0, 0.05) is 29.3 Å². The molecule has 0 atom stereocenters. The number of amides is 1. The summed E-state index contributed by atoms with van der Waals surface area (Å²) in [7, 11) is 1.63. The summed E-state index contributed by atoms with van der Waals surface area (Å²) in [5.74, 6) is -0.313. The van der Waals surface area contributed by atoms with Crippen LogP contribution in [-0.4, -0.2) is 17.9 Å². The molecule has 0 radical (unpaired) electrons. The van der Waals surface area contributed by atoms with E-state index in [1.54, 1.807) is 19.2 Å². The third kappa shape index (κ3) is 2.85. The van der Waals surface area contributed by atoms with Crippen molar-refractivity contribution in [3.05, 3.63) is 68.7 Å². The SMILES string of the molecule is CN(C(=O)c1cc([N+](=O)[O-])ccc1Br)c1ccccc1.